The van der Waals surface area contributed by atoms with E-state index in [1.165, 1.54) is 0 Å². The van der Waals surface area contributed by atoms with Crippen LogP contribution in [0.25, 0.3) is 32.7 Å². The standard InChI is InChI=1S/C19H10O6/c20-17-15-10(25-11-5-6-13-19(16(11)17)24-8-22-13)3-1-9-2-4-12-18(14(9)15)23-7-21-12/h1-6H,7-8H2. The van der Waals surface area contributed by atoms with Gasteiger partial charge in [-0.05, 0) is 29.7 Å². The second-order valence-electron chi connectivity index (χ2n) is 5.94. The predicted octanol–water partition coefficient (Wildman–Crippen LogP) is 3.56. The fourth-order valence-electron chi connectivity index (χ4n) is 3.56. The highest BCUT2D eigenvalue weighted by Gasteiger charge is 2.25. The fourth-order valence-corrected chi connectivity index (χ4v) is 3.56. The lowest BCUT2D eigenvalue weighted by molar-refractivity contribution is 0.174. The molecule has 2 aliphatic rings. The zero-order valence-corrected chi connectivity index (χ0v) is 12.8. The second kappa shape index (κ2) is 4.36. The largest absolute Gasteiger partial charge is 0.456 e. The molecule has 6 rings (SSSR count). The Morgan fingerprint density at radius 1 is 0.640 bits per heavy atom. The van der Waals surface area contributed by atoms with Gasteiger partial charge in [0, 0.05) is 5.39 Å². The molecule has 4 aromatic rings. The van der Waals surface area contributed by atoms with Gasteiger partial charge in [-0.3, -0.25) is 4.79 Å². The van der Waals surface area contributed by atoms with Crippen molar-refractivity contribution in [3.05, 3.63) is 46.6 Å². The van der Waals surface area contributed by atoms with Crippen LogP contribution in [0.5, 0.6) is 23.0 Å². The average Bonchev–Trinajstić information content (AvgIpc) is 3.29. The maximum Gasteiger partial charge on any atom is 0.231 e. The molecule has 6 heteroatoms. The van der Waals surface area contributed by atoms with Crippen LogP contribution in [0.3, 0.4) is 0 Å². The Hall–Kier alpha value is -3.41. The van der Waals surface area contributed by atoms with E-state index >= 15 is 0 Å². The molecule has 0 unspecified atom stereocenters. The average molecular weight is 334 g/mol. The Labute approximate surface area is 140 Å². The van der Waals surface area contributed by atoms with E-state index in [1.807, 2.05) is 18.2 Å². The van der Waals surface area contributed by atoms with Crippen molar-refractivity contribution >= 4 is 32.7 Å². The molecule has 122 valence electrons. The Kier molecular flexibility index (Phi) is 2.26. The van der Waals surface area contributed by atoms with Gasteiger partial charge in [-0.15, -0.1) is 0 Å². The van der Waals surface area contributed by atoms with Crippen molar-refractivity contribution < 1.29 is 23.4 Å². The Morgan fingerprint density at radius 3 is 2.04 bits per heavy atom. The first kappa shape index (κ1) is 12.9. The monoisotopic (exact) mass is 334 g/mol. The van der Waals surface area contributed by atoms with Gasteiger partial charge in [0.25, 0.3) is 0 Å². The molecule has 0 saturated carbocycles. The number of rotatable bonds is 0. The normalized spacial score (nSPS) is 14.7. The van der Waals surface area contributed by atoms with E-state index in [4.69, 9.17) is 23.4 Å². The number of benzene rings is 3. The smallest absolute Gasteiger partial charge is 0.231 e. The van der Waals surface area contributed by atoms with Gasteiger partial charge in [0.05, 0.1) is 5.39 Å². The Bertz CT molecular complexity index is 1270. The third-order valence-electron chi connectivity index (χ3n) is 4.66. The van der Waals surface area contributed by atoms with Crippen LogP contribution in [0.1, 0.15) is 0 Å². The molecule has 3 aromatic carbocycles. The van der Waals surface area contributed by atoms with Gasteiger partial charge in [0.2, 0.25) is 19.0 Å². The summed E-state index contributed by atoms with van der Waals surface area (Å²) in [5.74, 6) is 2.16. The van der Waals surface area contributed by atoms with Gasteiger partial charge in [0.1, 0.15) is 16.6 Å². The minimum absolute atomic E-state index is 0.0911. The van der Waals surface area contributed by atoms with E-state index in [0.29, 0.717) is 50.3 Å². The molecule has 2 aliphatic heterocycles. The SMILES string of the molecule is O=c1c2c3c(ccc2oc2ccc4ccc5c(c4c12)OCO5)OCO3. The summed E-state index contributed by atoms with van der Waals surface area (Å²) in [7, 11) is 0. The highest BCUT2D eigenvalue weighted by Crippen LogP contribution is 2.43. The number of hydrogen-bond donors (Lipinski definition) is 0. The van der Waals surface area contributed by atoms with Crippen molar-refractivity contribution in [3.63, 3.8) is 0 Å². The van der Waals surface area contributed by atoms with Crippen molar-refractivity contribution in [2.45, 2.75) is 0 Å². The summed E-state index contributed by atoms with van der Waals surface area (Å²) in [6, 6.07) is 10.9. The molecule has 0 atom stereocenters. The summed E-state index contributed by atoms with van der Waals surface area (Å²) in [6.07, 6.45) is 0. The zero-order valence-electron chi connectivity index (χ0n) is 12.8. The molecular weight excluding hydrogens is 324 g/mol. The maximum absolute atomic E-state index is 13.4. The van der Waals surface area contributed by atoms with E-state index < -0.39 is 0 Å². The lowest BCUT2D eigenvalue weighted by Crippen LogP contribution is -2.04. The summed E-state index contributed by atoms with van der Waals surface area (Å²) in [5, 5.41) is 2.41. The number of ether oxygens (including phenoxy) is 4. The first-order valence-corrected chi connectivity index (χ1v) is 7.82. The van der Waals surface area contributed by atoms with Gasteiger partial charge >= 0.3 is 0 Å². The van der Waals surface area contributed by atoms with E-state index in [1.54, 1.807) is 18.2 Å². The van der Waals surface area contributed by atoms with Gasteiger partial charge in [-0.25, -0.2) is 0 Å². The van der Waals surface area contributed by atoms with Crippen molar-refractivity contribution in [2.75, 3.05) is 13.6 Å². The predicted molar refractivity (Wildman–Crippen MR) is 89.7 cm³/mol. The quantitative estimate of drug-likeness (QED) is 0.362. The van der Waals surface area contributed by atoms with E-state index in [2.05, 4.69) is 0 Å². The molecule has 6 nitrogen and oxygen atoms in total. The molecule has 3 heterocycles. The van der Waals surface area contributed by atoms with Gasteiger partial charge in [-0.1, -0.05) is 12.1 Å². The highest BCUT2D eigenvalue weighted by atomic mass is 16.7. The zero-order chi connectivity index (χ0) is 16.5. The maximum atomic E-state index is 13.4. The molecule has 0 amide bonds. The van der Waals surface area contributed by atoms with Crippen molar-refractivity contribution in [3.8, 4) is 23.0 Å². The van der Waals surface area contributed by atoms with Crippen LogP contribution in [0.2, 0.25) is 0 Å². The Balaban J connectivity index is 1.89. The fraction of sp³-hybridized carbons (Fsp3) is 0.105. The molecule has 0 N–H and O–H groups in total. The summed E-state index contributed by atoms with van der Waals surface area (Å²) >= 11 is 0. The lowest BCUT2D eigenvalue weighted by atomic mass is 10.0. The van der Waals surface area contributed by atoms with E-state index in [9.17, 15) is 4.79 Å². The highest BCUT2D eigenvalue weighted by molar-refractivity contribution is 6.12. The molecule has 1 aromatic heterocycles. The second-order valence-corrected chi connectivity index (χ2v) is 5.94. The summed E-state index contributed by atoms with van der Waals surface area (Å²) in [4.78, 5) is 13.4. The van der Waals surface area contributed by atoms with Gasteiger partial charge < -0.3 is 23.4 Å². The number of hydrogen-bond acceptors (Lipinski definition) is 6. The van der Waals surface area contributed by atoms with Crippen LogP contribution < -0.4 is 24.4 Å². The molecule has 0 fully saturated rings. The summed E-state index contributed by atoms with van der Waals surface area (Å²) in [6.45, 7) is 0.226. The van der Waals surface area contributed by atoms with Crippen molar-refractivity contribution in [1.29, 1.82) is 0 Å². The van der Waals surface area contributed by atoms with Crippen LogP contribution in [-0.4, -0.2) is 13.6 Å². The van der Waals surface area contributed by atoms with Crippen LogP contribution in [0.4, 0.5) is 0 Å². The van der Waals surface area contributed by atoms with Gasteiger partial charge in [-0.2, -0.15) is 0 Å². The van der Waals surface area contributed by atoms with Crippen molar-refractivity contribution in [1.82, 2.24) is 0 Å². The van der Waals surface area contributed by atoms with Gasteiger partial charge in [0.15, 0.2) is 23.0 Å². The third kappa shape index (κ3) is 1.56. The van der Waals surface area contributed by atoms with Crippen molar-refractivity contribution in [2.24, 2.45) is 0 Å². The topological polar surface area (TPSA) is 67.1 Å². The molecule has 0 spiro atoms. The first-order valence-electron chi connectivity index (χ1n) is 7.82. The molecule has 0 bridgehead atoms. The van der Waals surface area contributed by atoms with Crippen LogP contribution >= 0.6 is 0 Å². The van der Waals surface area contributed by atoms with Crippen LogP contribution in [0.15, 0.2) is 45.6 Å². The summed E-state index contributed by atoms with van der Waals surface area (Å²) in [5.41, 5.74) is 0.784. The first-order chi connectivity index (χ1) is 12.3. The molecule has 0 radical (unpaired) electrons. The third-order valence-corrected chi connectivity index (χ3v) is 4.66. The van der Waals surface area contributed by atoms with Crippen LogP contribution in [-0.2, 0) is 0 Å². The van der Waals surface area contributed by atoms with Crippen LogP contribution in [0, 0.1) is 0 Å². The van der Waals surface area contributed by atoms with E-state index in [-0.39, 0.29) is 19.0 Å². The Morgan fingerprint density at radius 2 is 1.24 bits per heavy atom. The number of fused-ring (bicyclic) bond motifs is 8. The molecule has 25 heavy (non-hydrogen) atoms. The lowest BCUT2D eigenvalue weighted by Gasteiger charge is -2.08. The molecule has 0 aliphatic carbocycles. The summed E-state index contributed by atoms with van der Waals surface area (Å²) < 4.78 is 28.0. The minimum atomic E-state index is -0.173. The molecular formula is C19H10O6. The molecule has 0 saturated heterocycles. The van der Waals surface area contributed by atoms with E-state index in [0.717, 1.165) is 5.39 Å². The minimum Gasteiger partial charge on any atom is -0.456 e.